The maximum absolute atomic E-state index is 6.12. The molecule has 0 aliphatic carbocycles. The van der Waals surface area contributed by atoms with E-state index >= 15 is 0 Å². The van der Waals surface area contributed by atoms with E-state index in [4.69, 9.17) is 32.7 Å². The summed E-state index contributed by atoms with van der Waals surface area (Å²) >= 11 is 12.1. The molecule has 2 aromatic rings. The highest BCUT2D eigenvalue weighted by Gasteiger charge is 2.22. The van der Waals surface area contributed by atoms with E-state index in [2.05, 4.69) is 41.2 Å². The monoisotopic (exact) mass is 477 g/mol. The molecule has 0 aromatic heterocycles. The van der Waals surface area contributed by atoms with Crippen LogP contribution in [0.25, 0.3) is 0 Å². The summed E-state index contributed by atoms with van der Waals surface area (Å²) < 4.78 is 11.6. The van der Waals surface area contributed by atoms with Gasteiger partial charge in [0.15, 0.2) is 11.5 Å². The van der Waals surface area contributed by atoms with Gasteiger partial charge in [-0.3, -0.25) is 4.90 Å². The zero-order chi connectivity index (χ0) is 22.9. The Morgan fingerprint density at radius 1 is 1.16 bits per heavy atom. The third-order valence-electron chi connectivity index (χ3n) is 5.58. The highest BCUT2D eigenvalue weighted by Crippen LogP contribution is 2.30. The zero-order valence-electron chi connectivity index (χ0n) is 18.9. The van der Waals surface area contributed by atoms with Crippen molar-refractivity contribution in [3.05, 3.63) is 69.8 Å². The number of rotatable bonds is 11. The smallest absolute Gasteiger partial charge is 0.161 e. The minimum absolute atomic E-state index is 0.254. The molecule has 1 aliphatic heterocycles. The number of hydrogen-bond donors (Lipinski definition) is 2. The van der Waals surface area contributed by atoms with Gasteiger partial charge in [0.25, 0.3) is 0 Å². The van der Waals surface area contributed by atoms with Crippen molar-refractivity contribution in [2.24, 2.45) is 0 Å². The average molecular weight is 478 g/mol. The van der Waals surface area contributed by atoms with Crippen LogP contribution in [0.1, 0.15) is 30.9 Å². The standard InChI is InChI=1S/C25H33Cl2N3O2/c1-4-5-10-28-18(2)23-16-30(12-11-29-23)15-19-7-9-24(31-3)25(14-19)32-17-20-6-8-21(26)22(27)13-20/h6-9,13-14,23,28-29H,2,4-5,10-12,15-17H2,1,3H3. The van der Waals surface area contributed by atoms with E-state index in [1.807, 2.05) is 18.2 Å². The van der Waals surface area contributed by atoms with Crippen LogP contribution in [0.4, 0.5) is 0 Å². The summed E-state index contributed by atoms with van der Waals surface area (Å²) in [6.07, 6.45) is 2.34. The number of hydrogen-bond acceptors (Lipinski definition) is 5. The van der Waals surface area contributed by atoms with Crippen molar-refractivity contribution in [3.63, 3.8) is 0 Å². The van der Waals surface area contributed by atoms with Gasteiger partial charge >= 0.3 is 0 Å². The summed E-state index contributed by atoms with van der Waals surface area (Å²) in [5, 5.41) is 8.09. The topological polar surface area (TPSA) is 45.8 Å². The molecule has 1 aliphatic rings. The largest absolute Gasteiger partial charge is 0.493 e. The second-order valence-electron chi connectivity index (χ2n) is 8.07. The molecule has 1 unspecified atom stereocenters. The van der Waals surface area contributed by atoms with Crippen LogP contribution in [0.5, 0.6) is 11.5 Å². The van der Waals surface area contributed by atoms with Crippen LogP contribution in [0.15, 0.2) is 48.7 Å². The Hall–Kier alpha value is -1.92. The Balaban J connectivity index is 1.61. The SMILES string of the molecule is C=C(NCCCC)C1CN(Cc2ccc(OC)c(OCc3ccc(Cl)c(Cl)c3)c2)CCN1. The molecule has 1 atom stereocenters. The summed E-state index contributed by atoms with van der Waals surface area (Å²) in [5.74, 6) is 1.42. The molecule has 2 N–H and O–H groups in total. The molecule has 3 rings (SSSR count). The predicted molar refractivity (Wildman–Crippen MR) is 133 cm³/mol. The molecule has 174 valence electrons. The summed E-state index contributed by atoms with van der Waals surface area (Å²) in [6.45, 7) is 11.5. The number of methoxy groups -OCH3 is 1. The molecule has 1 heterocycles. The second-order valence-corrected chi connectivity index (χ2v) is 8.88. The Morgan fingerprint density at radius 3 is 2.72 bits per heavy atom. The van der Waals surface area contributed by atoms with Crippen LogP contribution in [0.3, 0.4) is 0 Å². The van der Waals surface area contributed by atoms with Crippen molar-refractivity contribution < 1.29 is 9.47 Å². The average Bonchev–Trinajstić information content (AvgIpc) is 2.80. The summed E-state index contributed by atoms with van der Waals surface area (Å²) in [7, 11) is 1.65. The number of nitrogens with one attached hydrogen (secondary N) is 2. The van der Waals surface area contributed by atoms with Gasteiger partial charge in [-0.05, 0) is 41.8 Å². The predicted octanol–water partition coefficient (Wildman–Crippen LogP) is 5.26. The molecule has 2 aromatic carbocycles. The Kier molecular flexibility index (Phi) is 9.54. The minimum atomic E-state index is 0.254. The fraction of sp³-hybridized carbons (Fsp3) is 0.440. The molecule has 7 heteroatoms. The number of nitrogens with zero attached hydrogens (tertiary/aromatic N) is 1. The second kappa shape index (κ2) is 12.4. The molecule has 1 fully saturated rings. The summed E-state index contributed by atoms with van der Waals surface area (Å²) in [6, 6.07) is 11.9. The van der Waals surface area contributed by atoms with E-state index in [1.54, 1.807) is 13.2 Å². The first-order valence-electron chi connectivity index (χ1n) is 11.1. The van der Waals surface area contributed by atoms with Gasteiger partial charge in [0.05, 0.1) is 23.2 Å². The summed E-state index contributed by atoms with van der Waals surface area (Å²) in [4.78, 5) is 2.44. The van der Waals surface area contributed by atoms with Gasteiger partial charge in [0, 0.05) is 38.4 Å². The van der Waals surface area contributed by atoms with Crippen LogP contribution in [0.2, 0.25) is 10.0 Å². The van der Waals surface area contributed by atoms with Crippen LogP contribution >= 0.6 is 23.2 Å². The number of halogens is 2. The fourth-order valence-electron chi connectivity index (χ4n) is 3.72. The van der Waals surface area contributed by atoms with Crippen molar-refractivity contribution in [3.8, 4) is 11.5 Å². The first-order chi connectivity index (χ1) is 15.5. The third-order valence-corrected chi connectivity index (χ3v) is 6.31. The maximum Gasteiger partial charge on any atom is 0.161 e. The Bertz CT molecular complexity index is 907. The third kappa shape index (κ3) is 7.04. The van der Waals surface area contributed by atoms with Crippen LogP contribution < -0.4 is 20.1 Å². The molecule has 0 amide bonds. The van der Waals surface area contributed by atoms with Gasteiger partial charge in [-0.1, -0.05) is 55.3 Å². The summed E-state index contributed by atoms with van der Waals surface area (Å²) in [5.41, 5.74) is 3.20. The van der Waals surface area contributed by atoms with Crippen molar-refractivity contribution in [1.29, 1.82) is 0 Å². The van der Waals surface area contributed by atoms with Crippen LogP contribution in [-0.2, 0) is 13.2 Å². The Labute approximate surface area is 201 Å². The van der Waals surface area contributed by atoms with Gasteiger partial charge in [0.1, 0.15) is 6.61 Å². The lowest BCUT2D eigenvalue weighted by Crippen LogP contribution is -2.52. The lowest BCUT2D eigenvalue weighted by Gasteiger charge is -2.35. The van der Waals surface area contributed by atoms with E-state index < -0.39 is 0 Å². The van der Waals surface area contributed by atoms with E-state index in [0.717, 1.165) is 50.4 Å². The maximum atomic E-state index is 6.12. The minimum Gasteiger partial charge on any atom is -0.493 e. The van der Waals surface area contributed by atoms with Crippen LogP contribution in [0, 0.1) is 0 Å². The molecular weight excluding hydrogens is 445 g/mol. The van der Waals surface area contributed by atoms with E-state index in [1.165, 1.54) is 12.0 Å². The molecular formula is C25H33Cl2N3O2. The molecule has 1 saturated heterocycles. The fourth-order valence-corrected chi connectivity index (χ4v) is 4.04. The van der Waals surface area contributed by atoms with Gasteiger partial charge < -0.3 is 20.1 Å². The van der Waals surface area contributed by atoms with Gasteiger partial charge in [-0.25, -0.2) is 0 Å². The number of unbranched alkanes of at least 4 members (excludes halogenated alkanes) is 1. The van der Waals surface area contributed by atoms with E-state index in [9.17, 15) is 0 Å². The Morgan fingerprint density at radius 2 is 1.97 bits per heavy atom. The highest BCUT2D eigenvalue weighted by atomic mass is 35.5. The van der Waals surface area contributed by atoms with Gasteiger partial charge in [-0.2, -0.15) is 0 Å². The number of piperazine rings is 1. The van der Waals surface area contributed by atoms with Crippen molar-refractivity contribution in [1.82, 2.24) is 15.5 Å². The first-order valence-corrected chi connectivity index (χ1v) is 11.9. The number of ether oxygens (including phenoxy) is 2. The van der Waals surface area contributed by atoms with Crippen molar-refractivity contribution in [2.75, 3.05) is 33.3 Å². The normalized spacial score (nSPS) is 16.6. The quantitative estimate of drug-likeness (QED) is 0.432. The zero-order valence-corrected chi connectivity index (χ0v) is 20.4. The molecule has 0 saturated carbocycles. The first kappa shape index (κ1) is 24.7. The molecule has 0 bridgehead atoms. The molecule has 5 nitrogen and oxygen atoms in total. The van der Waals surface area contributed by atoms with Gasteiger partial charge in [0.2, 0.25) is 0 Å². The highest BCUT2D eigenvalue weighted by molar-refractivity contribution is 6.42. The van der Waals surface area contributed by atoms with Crippen molar-refractivity contribution in [2.45, 2.75) is 39.0 Å². The van der Waals surface area contributed by atoms with Crippen LogP contribution in [-0.4, -0.2) is 44.2 Å². The molecule has 32 heavy (non-hydrogen) atoms. The number of benzene rings is 2. The lowest BCUT2D eigenvalue weighted by atomic mass is 10.1. The van der Waals surface area contributed by atoms with Gasteiger partial charge in [-0.15, -0.1) is 0 Å². The lowest BCUT2D eigenvalue weighted by molar-refractivity contribution is 0.202. The van der Waals surface area contributed by atoms with E-state index in [0.29, 0.717) is 28.2 Å². The van der Waals surface area contributed by atoms with E-state index in [-0.39, 0.29) is 6.04 Å². The van der Waals surface area contributed by atoms with Crippen molar-refractivity contribution >= 4 is 23.2 Å². The molecule has 0 radical (unpaired) electrons. The molecule has 0 spiro atoms.